The van der Waals surface area contributed by atoms with Gasteiger partial charge in [0.25, 0.3) is 0 Å². The maximum atomic E-state index is 12.9. The highest BCUT2D eigenvalue weighted by molar-refractivity contribution is 6.29. The predicted octanol–water partition coefficient (Wildman–Crippen LogP) is 3.11. The van der Waals surface area contributed by atoms with E-state index in [4.69, 9.17) is 0 Å². The van der Waals surface area contributed by atoms with Crippen LogP contribution in [0.1, 0.15) is 54.1 Å². The average Bonchev–Trinajstić information content (AvgIpc) is 2.47. The molecular formula is C18H16O4. The first kappa shape index (κ1) is 14.3. The summed E-state index contributed by atoms with van der Waals surface area (Å²) >= 11 is 0. The molecule has 4 nitrogen and oxygen atoms in total. The molecule has 0 radical (unpaired) electrons. The van der Waals surface area contributed by atoms with Gasteiger partial charge in [0.1, 0.15) is 11.5 Å². The summed E-state index contributed by atoms with van der Waals surface area (Å²) in [5.74, 6) is -0.588. The zero-order valence-corrected chi connectivity index (χ0v) is 12.9. The zero-order valence-electron chi connectivity index (χ0n) is 12.9. The third-order valence-corrected chi connectivity index (χ3v) is 4.69. The van der Waals surface area contributed by atoms with E-state index >= 15 is 0 Å². The lowest BCUT2D eigenvalue weighted by Crippen LogP contribution is -2.24. The maximum Gasteiger partial charge on any atom is 0.195 e. The SMILES string of the molecule is Cc1c(O)cc2c(c1C)C(=O)c1c(cc(O)c(C)c1C)C2=O. The number of fused-ring (bicyclic) bond motifs is 2. The molecule has 0 aliphatic heterocycles. The molecular weight excluding hydrogens is 280 g/mol. The van der Waals surface area contributed by atoms with E-state index in [-0.39, 0.29) is 34.2 Å². The first-order valence-electron chi connectivity index (χ1n) is 7.01. The molecule has 112 valence electrons. The third-order valence-electron chi connectivity index (χ3n) is 4.69. The zero-order chi connectivity index (χ0) is 16.3. The number of carbonyl (C=O) groups excluding carboxylic acids is 2. The first-order chi connectivity index (χ1) is 10.3. The van der Waals surface area contributed by atoms with E-state index in [0.717, 1.165) is 0 Å². The topological polar surface area (TPSA) is 74.6 Å². The van der Waals surface area contributed by atoms with Crippen LogP contribution in [0.4, 0.5) is 0 Å². The number of carbonyl (C=O) groups is 2. The summed E-state index contributed by atoms with van der Waals surface area (Å²) < 4.78 is 0. The summed E-state index contributed by atoms with van der Waals surface area (Å²) in [6.45, 7) is 6.89. The van der Waals surface area contributed by atoms with Gasteiger partial charge in [0.2, 0.25) is 0 Å². The molecule has 0 amide bonds. The van der Waals surface area contributed by atoms with Crippen molar-refractivity contribution >= 4 is 11.6 Å². The number of phenolic OH excluding ortho intramolecular Hbond substituents is 2. The third kappa shape index (κ3) is 1.64. The Labute approximate surface area is 128 Å². The van der Waals surface area contributed by atoms with E-state index < -0.39 is 0 Å². The normalized spacial score (nSPS) is 13.1. The van der Waals surface area contributed by atoms with E-state index in [0.29, 0.717) is 33.4 Å². The van der Waals surface area contributed by atoms with Crippen molar-refractivity contribution in [1.82, 2.24) is 0 Å². The van der Waals surface area contributed by atoms with Gasteiger partial charge in [0, 0.05) is 22.3 Å². The van der Waals surface area contributed by atoms with E-state index in [2.05, 4.69) is 0 Å². The summed E-state index contributed by atoms with van der Waals surface area (Å²) in [6.07, 6.45) is 0. The lowest BCUT2D eigenvalue weighted by molar-refractivity contribution is 0.0977. The summed E-state index contributed by atoms with van der Waals surface area (Å²) in [5.41, 5.74) is 3.50. The smallest absolute Gasteiger partial charge is 0.195 e. The first-order valence-corrected chi connectivity index (χ1v) is 7.01. The van der Waals surface area contributed by atoms with Gasteiger partial charge in [-0.1, -0.05) is 0 Å². The second-order valence-electron chi connectivity index (χ2n) is 5.79. The van der Waals surface area contributed by atoms with Crippen LogP contribution < -0.4 is 0 Å². The highest BCUT2D eigenvalue weighted by atomic mass is 16.3. The Morgan fingerprint density at radius 3 is 1.36 bits per heavy atom. The number of benzene rings is 2. The molecule has 2 N–H and O–H groups in total. The molecule has 0 spiro atoms. The summed E-state index contributed by atoms with van der Waals surface area (Å²) in [6, 6.07) is 2.68. The van der Waals surface area contributed by atoms with Crippen molar-refractivity contribution in [3.05, 3.63) is 56.6 Å². The minimum Gasteiger partial charge on any atom is -0.508 e. The molecule has 0 atom stereocenters. The van der Waals surface area contributed by atoms with Gasteiger partial charge in [-0.05, 0) is 62.1 Å². The highest BCUT2D eigenvalue weighted by Crippen LogP contribution is 2.38. The second-order valence-corrected chi connectivity index (χ2v) is 5.79. The Morgan fingerprint density at radius 1 is 0.636 bits per heavy atom. The molecule has 22 heavy (non-hydrogen) atoms. The van der Waals surface area contributed by atoms with Crippen LogP contribution in [-0.2, 0) is 0 Å². The average molecular weight is 296 g/mol. The van der Waals surface area contributed by atoms with E-state index in [1.165, 1.54) is 12.1 Å². The van der Waals surface area contributed by atoms with Crippen LogP contribution in [0.25, 0.3) is 0 Å². The van der Waals surface area contributed by atoms with Crippen molar-refractivity contribution in [3.8, 4) is 11.5 Å². The Balaban J connectivity index is 2.43. The van der Waals surface area contributed by atoms with E-state index in [1.807, 2.05) is 0 Å². The molecule has 3 rings (SSSR count). The van der Waals surface area contributed by atoms with Crippen molar-refractivity contribution in [3.63, 3.8) is 0 Å². The lowest BCUT2D eigenvalue weighted by atomic mass is 9.78. The molecule has 2 aromatic rings. The number of hydrogen-bond donors (Lipinski definition) is 2. The van der Waals surface area contributed by atoms with Crippen LogP contribution in [-0.4, -0.2) is 21.8 Å². The van der Waals surface area contributed by atoms with Crippen LogP contribution in [0.3, 0.4) is 0 Å². The molecule has 0 saturated carbocycles. The number of aromatic hydroxyl groups is 2. The van der Waals surface area contributed by atoms with E-state index in [1.54, 1.807) is 27.7 Å². The second kappa shape index (κ2) is 4.44. The molecule has 0 heterocycles. The monoisotopic (exact) mass is 296 g/mol. The molecule has 1 aliphatic rings. The van der Waals surface area contributed by atoms with Crippen molar-refractivity contribution in [1.29, 1.82) is 0 Å². The summed E-state index contributed by atoms with van der Waals surface area (Å²) in [4.78, 5) is 25.6. The Bertz CT molecular complexity index is 806. The molecule has 1 aliphatic carbocycles. The van der Waals surface area contributed by atoms with Gasteiger partial charge in [-0.25, -0.2) is 0 Å². The van der Waals surface area contributed by atoms with E-state index in [9.17, 15) is 19.8 Å². The minimum atomic E-state index is -0.346. The van der Waals surface area contributed by atoms with Crippen molar-refractivity contribution in [2.45, 2.75) is 27.7 Å². The molecule has 0 aromatic heterocycles. The van der Waals surface area contributed by atoms with Crippen molar-refractivity contribution < 1.29 is 19.8 Å². The van der Waals surface area contributed by atoms with Crippen LogP contribution >= 0.6 is 0 Å². The van der Waals surface area contributed by atoms with Gasteiger partial charge < -0.3 is 10.2 Å². The quantitative estimate of drug-likeness (QED) is 0.668. The molecule has 0 unspecified atom stereocenters. The molecule has 2 aromatic carbocycles. The number of ketones is 2. The molecule has 0 saturated heterocycles. The number of rotatable bonds is 0. The number of hydrogen-bond acceptors (Lipinski definition) is 4. The van der Waals surface area contributed by atoms with Crippen molar-refractivity contribution in [2.24, 2.45) is 0 Å². The van der Waals surface area contributed by atoms with Gasteiger partial charge in [-0.15, -0.1) is 0 Å². The predicted molar refractivity (Wildman–Crippen MR) is 82.0 cm³/mol. The Hall–Kier alpha value is -2.62. The number of phenols is 2. The molecule has 0 fully saturated rings. The fourth-order valence-electron chi connectivity index (χ4n) is 3.01. The van der Waals surface area contributed by atoms with Crippen LogP contribution in [0.15, 0.2) is 12.1 Å². The van der Waals surface area contributed by atoms with Crippen molar-refractivity contribution in [2.75, 3.05) is 0 Å². The van der Waals surface area contributed by atoms with Crippen LogP contribution in [0, 0.1) is 27.7 Å². The van der Waals surface area contributed by atoms with Crippen LogP contribution in [0.5, 0.6) is 11.5 Å². The van der Waals surface area contributed by atoms with Gasteiger partial charge in [-0.3, -0.25) is 9.59 Å². The fourth-order valence-corrected chi connectivity index (χ4v) is 3.01. The fraction of sp³-hybridized carbons (Fsp3) is 0.222. The summed E-state index contributed by atoms with van der Waals surface area (Å²) in [7, 11) is 0. The Kier molecular flexibility index (Phi) is 2.89. The highest BCUT2D eigenvalue weighted by Gasteiger charge is 2.34. The minimum absolute atomic E-state index is 0.00564. The van der Waals surface area contributed by atoms with Gasteiger partial charge in [-0.2, -0.15) is 0 Å². The lowest BCUT2D eigenvalue weighted by Gasteiger charge is -2.23. The van der Waals surface area contributed by atoms with Crippen LogP contribution in [0.2, 0.25) is 0 Å². The van der Waals surface area contributed by atoms with Gasteiger partial charge >= 0.3 is 0 Å². The Morgan fingerprint density at radius 2 is 1.00 bits per heavy atom. The molecule has 4 heteroatoms. The van der Waals surface area contributed by atoms with Gasteiger partial charge in [0.05, 0.1) is 0 Å². The standard InChI is InChI=1S/C18H16O4/c1-7-9(3)15-11(5-13(7)19)17(21)12-6-14(20)8(2)10(4)16(12)18(15)22/h5-6,19-20H,1-4H3. The maximum absolute atomic E-state index is 12.9. The van der Waals surface area contributed by atoms with Gasteiger partial charge in [0.15, 0.2) is 11.6 Å². The largest absolute Gasteiger partial charge is 0.508 e. The molecule has 0 bridgehead atoms. The summed E-state index contributed by atoms with van der Waals surface area (Å²) in [5, 5.41) is 19.9.